The minimum Gasteiger partial charge on any atom is -0.466 e. The molecule has 0 aromatic heterocycles. The highest BCUT2D eigenvalue weighted by Gasteiger charge is 2.06. The van der Waals surface area contributed by atoms with Gasteiger partial charge in [-0.05, 0) is 5.92 Å². The second-order valence-corrected chi connectivity index (χ2v) is 2.85. The van der Waals surface area contributed by atoms with Crippen molar-refractivity contribution in [2.24, 2.45) is 11.7 Å². The highest BCUT2D eigenvalue weighted by Crippen LogP contribution is 2.05. The van der Waals surface area contributed by atoms with Crippen molar-refractivity contribution >= 4 is 5.97 Å². The Morgan fingerprint density at radius 2 is 2.25 bits per heavy atom. The minimum atomic E-state index is -0.353. The fraction of sp³-hybridized carbons (Fsp3) is 0.667. The summed E-state index contributed by atoms with van der Waals surface area (Å²) in [6.07, 6.45) is 4.06. The van der Waals surface area contributed by atoms with Gasteiger partial charge >= 0.3 is 5.97 Å². The molecular formula is C9H17NO2. The van der Waals surface area contributed by atoms with Gasteiger partial charge in [-0.2, -0.15) is 0 Å². The summed E-state index contributed by atoms with van der Waals surface area (Å²) in [7, 11) is 1.35. The molecule has 0 saturated heterocycles. The van der Waals surface area contributed by atoms with Crippen LogP contribution in [0.15, 0.2) is 12.2 Å². The third-order valence-corrected chi connectivity index (χ3v) is 1.96. The minimum absolute atomic E-state index is 0.0610. The second kappa shape index (κ2) is 5.77. The lowest BCUT2D eigenvalue weighted by Crippen LogP contribution is -2.25. The van der Waals surface area contributed by atoms with Crippen LogP contribution < -0.4 is 5.73 Å². The molecule has 0 unspecified atom stereocenters. The van der Waals surface area contributed by atoms with Crippen LogP contribution in [0.1, 0.15) is 20.3 Å². The number of hydrogen-bond acceptors (Lipinski definition) is 3. The molecule has 0 aliphatic carbocycles. The smallest absolute Gasteiger partial charge is 0.330 e. The average Bonchev–Trinajstić information content (AvgIpc) is 2.11. The Bertz CT molecular complexity index is 166. The van der Waals surface area contributed by atoms with E-state index in [1.807, 2.05) is 6.92 Å². The molecule has 0 amide bonds. The summed E-state index contributed by atoms with van der Waals surface area (Å²) in [5.74, 6) is 0.0414. The van der Waals surface area contributed by atoms with Crippen molar-refractivity contribution in [1.82, 2.24) is 0 Å². The van der Waals surface area contributed by atoms with Gasteiger partial charge in [0.25, 0.3) is 0 Å². The van der Waals surface area contributed by atoms with Gasteiger partial charge in [-0.15, -0.1) is 0 Å². The molecule has 0 aliphatic heterocycles. The third kappa shape index (κ3) is 4.13. The average molecular weight is 171 g/mol. The van der Waals surface area contributed by atoms with Crippen molar-refractivity contribution in [2.45, 2.75) is 26.3 Å². The molecule has 0 fully saturated rings. The van der Waals surface area contributed by atoms with Crippen LogP contribution in [0.4, 0.5) is 0 Å². The molecule has 0 bridgehead atoms. The van der Waals surface area contributed by atoms with E-state index in [4.69, 9.17) is 5.73 Å². The van der Waals surface area contributed by atoms with Crippen molar-refractivity contribution in [1.29, 1.82) is 0 Å². The maximum Gasteiger partial charge on any atom is 0.330 e. The van der Waals surface area contributed by atoms with Crippen molar-refractivity contribution in [3.8, 4) is 0 Å². The SMILES string of the molecule is CC[C@H](C)[C@H](N)/C=C/C(=O)OC. The van der Waals surface area contributed by atoms with Crippen molar-refractivity contribution < 1.29 is 9.53 Å². The number of rotatable bonds is 4. The number of esters is 1. The number of hydrogen-bond donors (Lipinski definition) is 1. The van der Waals surface area contributed by atoms with Gasteiger partial charge in [-0.25, -0.2) is 4.79 Å². The first-order valence-corrected chi connectivity index (χ1v) is 4.13. The summed E-state index contributed by atoms with van der Waals surface area (Å²) in [6, 6.07) is -0.0610. The molecule has 0 aliphatic rings. The highest BCUT2D eigenvalue weighted by molar-refractivity contribution is 5.81. The first-order chi connectivity index (χ1) is 5.61. The van der Waals surface area contributed by atoms with Crippen LogP contribution in [-0.4, -0.2) is 19.1 Å². The Morgan fingerprint density at radius 3 is 2.67 bits per heavy atom. The van der Waals surface area contributed by atoms with Crippen LogP contribution in [0.3, 0.4) is 0 Å². The van der Waals surface area contributed by atoms with Gasteiger partial charge < -0.3 is 10.5 Å². The van der Waals surface area contributed by atoms with E-state index in [1.165, 1.54) is 13.2 Å². The molecule has 0 spiro atoms. The van der Waals surface area contributed by atoms with Gasteiger partial charge in [0.1, 0.15) is 0 Å². The molecule has 70 valence electrons. The zero-order chi connectivity index (χ0) is 9.56. The van der Waals surface area contributed by atoms with Crippen LogP contribution in [0.5, 0.6) is 0 Å². The molecule has 3 heteroatoms. The van der Waals surface area contributed by atoms with E-state index in [9.17, 15) is 4.79 Å². The predicted molar refractivity (Wildman–Crippen MR) is 48.6 cm³/mol. The second-order valence-electron chi connectivity index (χ2n) is 2.85. The van der Waals surface area contributed by atoms with Crippen LogP contribution in [0, 0.1) is 5.92 Å². The van der Waals surface area contributed by atoms with Gasteiger partial charge in [0.2, 0.25) is 0 Å². The van der Waals surface area contributed by atoms with Crippen LogP contribution in [0.2, 0.25) is 0 Å². The number of carbonyl (C=O) groups excluding carboxylic acids is 1. The third-order valence-electron chi connectivity index (χ3n) is 1.96. The molecule has 2 atom stereocenters. The molecule has 0 heterocycles. The molecule has 0 radical (unpaired) electrons. The lowest BCUT2D eigenvalue weighted by Gasteiger charge is -2.13. The summed E-state index contributed by atoms with van der Waals surface area (Å²) in [4.78, 5) is 10.7. The Balaban J connectivity index is 3.90. The Kier molecular flexibility index (Phi) is 5.37. The first kappa shape index (κ1) is 11.2. The van der Waals surface area contributed by atoms with Gasteiger partial charge in [-0.3, -0.25) is 0 Å². The first-order valence-electron chi connectivity index (χ1n) is 4.13. The van der Waals surface area contributed by atoms with E-state index in [-0.39, 0.29) is 12.0 Å². The molecule has 3 nitrogen and oxygen atoms in total. The molecule has 2 N–H and O–H groups in total. The maximum absolute atomic E-state index is 10.7. The number of ether oxygens (including phenoxy) is 1. The zero-order valence-corrected chi connectivity index (χ0v) is 7.91. The quantitative estimate of drug-likeness (QED) is 0.509. The molecule has 0 saturated carbocycles. The largest absolute Gasteiger partial charge is 0.466 e. The predicted octanol–water partition coefficient (Wildman–Crippen LogP) is 1.09. The standard InChI is InChI=1S/C9H17NO2/c1-4-7(2)8(10)5-6-9(11)12-3/h5-8H,4,10H2,1-3H3/b6-5+/t7-,8+/m0/s1. The summed E-state index contributed by atoms with van der Waals surface area (Å²) in [5.41, 5.74) is 5.74. The van der Waals surface area contributed by atoms with E-state index >= 15 is 0 Å². The maximum atomic E-state index is 10.7. The van der Waals surface area contributed by atoms with Gasteiger partial charge in [0.05, 0.1) is 7.11 Å². The highest BCUT2D eigenvalue weighted by atomic mass is 16.5. The van der Waals surface area contributed by atoms with Crippen LogP contribution in [0.25, 0.3) is 0 Å². The number of nitrogens with two attached hydrogens (primary N) is 1. The van der Waals surface area contributed by atoms with E-state index < -0.39 is 0 Å². The van der Waals surface area contributed by atoms with Gasteiger partial charge in [-0.1, -0.05) is 26.3 Å². The number of methoxy groups -OCH3 is 1. The lowest BCUT2D eigenvalue weighted by molar-refractivity contribution is -0.134. The fourth-order valence-electron chi connectivity index (χ4n) is 0.720. The monoisotopic (exact) mass is 171 g/mol. The van der Waals surface area contributed by atoms with Crippen molar-refractivity contribution in [3.63, 3.8) is 0 Å². The summed E-state index contributed by atoms with van der Waals surface area (Å²) in [5, 5.41) is 0. The van der Waals surface area contributed by atoms with Crippen molar-refractivity contribution in [3.05, 3.63) is 12.2 Å². The Morgan fingerprint density at radius 1 is 1.67 bits per heavy atom. The molecule has 12 heavy (non-hydrogen) atoms. The normalized spacial score (nSPS) is 16.0. The van der Waals surface area contributed by atoms with E-state index in [2.05, 4.69) is 11.7 Å². The summed E-state index contributed by atoms with van der Waals surface area (Å²) >= 11 is 0. The number of carbonyl (C=O) groups is 1. The summed E-state index contributed by atoms with van der Waals surface area (Å²) in [6.45, 7) is 4.11. The summed E-state index contributed by atoms with van der Waals surface area (Å²) < 4.78 is 4.43. The Labute approximate surface area is 73.6 Å². The molecule has 0 rings (SSSR count). The molecular weight excluding hydrogens is 154 g/mol. The molecule has 0 aromatic carbocycles. The lowest BCUT2D eigenvalue weighted by atomic mass is 10.00. The fourth-order valence-corrected chi connectivity index (χ4v) is 0.720. The van der Waals surface area contributed by atoms with Gasteiger partial charge in [0.15, 0.2) is 0 Å². The van der Waals surface area contributed by atoms with Crippen molar-refractivity contribution in [2.75, 3.05) is 7.11 Å². The van der Waals surface area contributed by atoms with Crippen LogP contribution in [-0.2, 0) is 9.53 Å². The zero-order valence-electron chi connectivity index (χ0n) is 7.91. The molecule has 0 aromatic rings. The Hall–Kier alpha value is -0.830. The topological polar surface area (TPSA) is 52.3 Å². The van der Waals surface area contributed by atoms with E-state index in [0.717, 1.165) is 6.42 Å². The van der Waals surface area contributed by atoms with Gasteiger partial charge in [0, 0.05) is 12.1 Å². The van der Waals surface area contributed by atoms with E-state index in [1.54, 1.807) is 6.08 Å². The van der Waals surface area contributed by atoms with E-state index in [0.29, 0.717) is 5.92 Å². The van der Waals surface area contributed by atoms with Crippen LogP contribution >= 0.6 is 0 Å².